The zero-order chi connectivity index (χ0) is 19.6. The van der Waals surface area contributed by atoms with Crippen LogP contribution in [0.5, 0.6) is 0 Å². The number of rotatable bonds is 4. The molecule has 1 N–H and O–H groups in total. The molecular formula is C19H29FN3O3S+. The third-order valence-corrected chi connectivity index (χ3v) is 7.40. The van der Waals surface area contributed by atoms with Crippen molar-refractivity contribution in [3.05, 3.63) is 30.1 Å². The van der Waals surface area contributed by atoms with Gasteiger partial charge in [-0.15, -0.1) is 0 Å². The van der Waals surface area contributed by atoms with Crippen LogP contribution in [-0.4, -0.2) is 69.3 Å². The molecule has 2 saturated heterocycles. The van der Waals surface area contributed by atoms with Crippen molar-refractivity contribution in [1.82, 2.24) is 9.21 Å². The van der Waals surface area contributed by atoms with Gasteiger partial charge in [0.05, 0.1) is 18.0 Å². The number of piperazine rings is 1. The number of piperidine rings is 1. The average molecular weight is 399 g/mol. The number of nitrogens with zero attached hydrogens (tertiary/aromatic N) is 2. The highest BCUT2D eigenvalue weighted by Gasteiger charge is 2.33. The first-order valence-electron chi connectivity index (χ1n) is 9.62. The zero-order valence-electron chi connectivity index (χ0n) is 16.0. The lowest BCUT2D eigenvalue weighted by molar-refractivity contribution is -0.904. The van der Waals surface area contributed by atoms with Gasteiger partial charge in [0.1, 0.15) is 5.82 Å². The number of sulfonamides is 1. The number of likely N-dealkylation sites (tertiary alicyclic amines) is 1. The maximum absolute atomic E-state index is 13.4. The lowest BCUT2D eigenvalue weighted by Crippen LogP contribution is -3.15. The van der Waals surface area contributed by atoms with E-state index in [4.69, 9.17) is 0 Å². The molecule has 0 bridgehead atoms. The molecular weight excluding hydrogens is 369 g/mol. The van der Waals surface area contributed by atoms with Gasteiger partial charge in [0.15, 0.2) is 6.54 Å². The molecule has 0 aliphatic carbocycles. The molecule has 1 aromatic carbocycles. The van der Waals surface area contributed by atoms with E-state index in [1.54, 1.807) is 4.90 Å². The Bertz CT molecular complexity index is 768. The first-order chi connectivity index (χ1) is 12.8. The summed E-state index contributed by atoms with van der Waals surface area (Å²) in [6.07, 6.45) is 1.22. The van der Waals surface area contributed by atoms with E-state index < -0.39 is 15.8 Å². The predicted molar refractivity (Wildman–Crippen MR) is 100 cm³/mol. The van der Waals surface area contributed by atoms with Crippen molar-refractivity contribution in [3.63, 3.8) is 0 Å². The predicted octanol–water partition coefficient (Wildman–Crippen LogP) is 0.219. The molecule has 1 amide bonds. The van der Waals surface area contributed by atoms with Crippen molar-refractivity contribution in [1.29, 1.82) is 0 Å². The molecule has 0 spiro atoms. The molecule has 6 nitrogen and oxygen atoms in total. The van der Waals surface area contributed by atoms with Gasteiger partial charge >= 0.3 is 0 Å². The maximum atomic E-state index is 13.4. The summed E-state index contributed by atoms with van der Waals surface area (Å²) in [6.45, 7) is 8.22. The summed E-state index contributed by atoms with van der Waals surface area (Å²) in [6, 6.07) is 5.05. The Morgan fingerprint density at radius 1 is 1.15 bits per heavy atom. The van der Waals surface area contributed by atoms with Crippen LogP contribution in [0.25, 0.3) is 0 Å². The smallest absolute Gasteiger partial charge is 0.277 e. The molecule has 2 aliphatic heterocycles. The number of hydrogen-bond acceptors (Lipinski definition) is 3. The van der Waals surface area contributed by atoms with Gasteiger partial charge in [-0.05, 0) is 24.6 Å². The zero-order valence-corrected chi connectivity index (χ0v) is 16.8. The van der Waals surface area contributed by atoms with Crippen LogP contribution in [0.4, 0.5) is 4.39 Å². The number of carbonyl (C=O) groups excluding carboxylic acids is 1. The average Bonchev–Trinajstić information content (AvgIpc) is 2.61. The summed E-state index contributed by atoms with van der Waals surface area (Å²) in [5.41, 5.74) is 0. The van der Waals surface area contributed by atoms with E-state index in [1.807, 2.05) is 0 Å². The Morgan fingerprint density at radius 3 is 2.37 bits per heavy atom. The summed E-state index contributed by atoms with van der Waals surface area (Å²) in [5.74, 6) is 0.779. The number of benzene rings is 1. The fourth-order valence-corrected chi connectivity index (χ4v) is 5.80. The number of halogens is 1. The van der Waals surface area contributed by atoms with Gasteiger partial charge < -0.3 is 9.80 Å². The van der Waals surface area contributed by atoms with Crippen LogP contribution in [0.15, 0.2) is 29.2 Å². The normalized spacial score (nSPS) is 27.5. The van der Waals surface area contributed by atoms with Gasteiger partial charge in [-0.3, -0.25) is 4.79 Å². The molecule has 0 aromatic heterocycles. The topological polar surface area (TPSA) is 62.1 Å². The molecule has 150 valence electrons. The fourth-order valence-electron chi connectivity index (χ4n) is 4.35. The van der Waals surface area contributed by atoms with E-state index in [0.29, 0.717) is 31.5 Å². The second-order valence-corrected chi connectivity index (χ2v) is 9.96. The molecule has 2 fully saturated rings. The summed E-state index contributed by atoms with van der Waals surface area (Å²) in [4.78, 5) is 15.7. The Hall–Kier alpha value is -1.51. The standard InChI is InChI=1S/C19H28FN3O3S/c1-15-10-16(2)13-21(12-15)14-19(24)22-6-8-23(9-7-22)27(25,26)18-5-3-4-17(20)11-18/h3-5,11,15-16H,6-10,12-14H2,1-2H3/p+1/t15-,16+. The van der Waals surface area contributed by atoms with E-state index >= 15 is 0 Å². The maximum Gasteiger partial charge on any atom is 0.277 e. The quantitative estimate of drug-likeness (QED) is 0.789. The van der Waals surface area contributed by atoms with Gasteiger partial charge in [-0.25, -0.2) is 12.8 Å². The van der Waals surface area contributed by atoms with Crippen molar-refractivity contribution in [3.8, 4) is 0 Å². The van der Waals surface area contributed by atoms with Crippen molar-refractivity contribution < 1.29 is 22.5 Å². The fraction of sp³-hybridized carbons (Fsp3) is 0.632. The molecule has 27 heavy (non-hydrogen) atoms. The van der Waals surface area contributed by atoms with E-state index in [2.05, 4.69) is 13.8 Å². The van der Waals surface area contributed by atoms with Crippen LogP contribution < -0.4 is 4.90 Å². The molecule has 1 unspecified atom stereocenters. The molecule has 1 aromatic rings. The van der Waals surface area contributed by atoms with Gasteiger partial charge in [0.2, 0.25) is 10.0 Å². The van der Waals surface area contributed by atoms with E-state index in [0.717, 1.165) is 19.2 Å². The second kappa shape index (κ2) is 8.24. The largest absolute Gasteiger partial charge is 0.335 e. The number of nitrogens with one attached hydrogen (secondary N) is 1. The molecule has 0 saturated carbocycles. The number of hydrogen-bond donors (Lipinski definition) is 1. The molecule has 3 rings (SSSR count). The number of amides is 1. The van der Waals surface area contributed by atoms with Crippen LogP contribution in [0.2, 0.25) is 0 Å². The van der Waals surface area contributed by atoms with Crippen molar-refractivity contribution in [2.45, 2.75) is 25.2 Å². The van der Waals surface area contributed by atoms with E-state index in [9.17, 15) is 17.6 Å². The minimum absolute atomic E-state index is 0.0389. The highest BCUT2D eigenvalue weighted by atomic mass is 32.2. The summed E-state index contributed by atoms with van der Waals surface area (Å²) >= 11 is 0. The molecule has 0 radical (unpaired) electrons. The van der Waals surface area contributed by atoms with Gasteiger partial charge in [-0.1, -0.05) is 19.9 Å². The summed E-state index contributed by atoms with van der Waals surface area (Å²) < 4.78 is 40.0. The van der Waals surface area contributed by atoms with Crippen LogP contribution in [0.3, 0.4) is 0 Å². The highest BCUT2D eigenvalue weighted by Crippen LogP contribution is 2.18. The highest BCUT2D eigenvalue weighted by molar-refractivity contribution is 7.89. The summed E-state index contributed by atoms with van der Waals surface area (Å²) in [7, 11) is -3.73. The molecule has 2 aliphatic rings. The van der Waals surface area contributed by atoms with Gasteiger partial charge in [0, 0.05) is 38.0 Å². The number of quaternary nitrogens is 1. The minimum atomic E-state index is -3.73. The van der Waals surface area contributed by atoms with Gasteiger partial charge in [0.25, 0.3) is 5.91 Å². The first-order valence-corrected chi connectivity index (χ1v) is 11.1. The monoisotopic (exact) mass is 398 g/mol. The third kappa shape index (κ3) is 4.86. The van der Waals surface area contributed by atoms with Crippen molar-refractivity contribution in [2.75, 3.05) is 45.8 Å². The van der Waals surface area contributed by atoms with Crippen LogP contribution in [0.1, 0.15) is 20.3 Å². The van der Waals surface area contributed by atoms with Crippen LogP contribution in [0, 0.1) is 17.7 Å². The SMILES string of the molecule is C[C@@H]1C[C@H](C)C[NH+](CC(=O)N2CCN(S(=O)(=O)c3cccc(F)c3)CC2)C1. The molecule has 2 heterocycles. The molecule has 8 heteroatoms. The van der Waals surface area contributed by atoms with E-state index in [-0.39, 0.29) is 23.9 Å². The van der Waals surface area contributed by atoms with Crippen LogP contribution >= 0.6 is 0 Å². The van der Waals surface area contributed by atoms with Gasteiger partial charge in [-0.2, -0.15) is 4.31 Å². The number of carbonyl (C=O) groups is 1. The van der Waals surface area contributed by atoms with Crippen molar-refractivity contribution >= 4 is 15.9 Å². The Labute approximate surface area is 161 Å². The van der Waals surface area contributed by atoms with Crippen molar-refractivity contribution in [2.24, 2.45) is 11.8 Å². The Morgan fingerprint density at radius 2 is 1.78 bits per heavy atom. The Kier molecular flexibility index (Phi) is 6.18. The lowest BCUT2D eigenvalue weighted by atomic mass is 9.92. The molecule has 3 atom stereocenters. The third-order valence-electron chi connectivity index (χ3n) is 5.51. The second-order valence-electron chi connectivity index (χ2n) is 8.02. The minimum Gasteiger partial charge on any atom is -0.335 e. The van der Waals surface area contributed by atoms with E-state index in [1.165, 1.54) is 33.8 Å². The Balaban J connectivity index is 1.56. The van der Waals surface area contributed by atoms with Crippen LogP contribution in [-0.2, 0) is 14.8 Å². The lowest BCUT2D eigenvalue weighted by Gasteiger charge is -2.36. The summed E-state index contributed by atoms with van der Waals surface area (Å²) in [5, 5.41) is 0. The first kappa shape index (κ1) is 20.2.